The van der Waals surface area contributed by atoms with Crippen LogP contribution in [0.5, 0.6) is 0 Å². The first-order valence-electron chi connectivity index (χ1n) is 5.92. The molecule has 2 rings (SSSR count). The predicted octanol–water partition coefficient (Wildman–Crippen LogP) is 3.01. The molecule has 0 unspecified atom stereocenters. The Morgan fingerprint density at radius 2 is 1.95 bits per heavy atom. The number of hydrogen-bond acceptors (Lipinski definition) is 4. The first-order chi connectivity index (χ1) is 9.83. The van der Waals surface area contributed by atoms with Crippen LogP contribution in [0.1, 0.15) is 11.1 Å². The lowest BCUT2D eigenvalue weighted by molar-refractivity contribution is 0.601. The molecule has 0 spiro atoms. The van der Waals surface area contributed by atoms with E-state index in [0.717, 1.165) is 0 Å². The van der Waals surface area contributed by atoms with E-state index in [0.29, 0.717) is 21.3 Å². The van der Waals surface area contributed by atoms with E-state index in [1.54, 1.807) is 25.1 Å². The van der Waals surface area contributed by atoms with Crippen molar-refractivity contribution < 1.29 is 8.42 Å². The van der Waals surface area contributed by atoms with E-state index in [1.165, 1.54) is 18.2 Å². The molecular weight excluding hydrogens is 354 g/mol. The summed E-state index contributed by atoms with van der Waals surface area (Å²) in [7, 11) is -3.83. The molecule has 21 heavy (non-hydrogen) atoms. The third-order valence-corrected chi connectivity index (χ3v) is 4.79. The zero-order valence-electron chi connectivity index (χ0n) is 11.1. The van der Waals surface area contributed by atoms with Gasteiger partial charge in [0.2, 0.25) is 0 Å². The second-order valence-electron chi connectivity index (χ2n) is 4.43. The van der Waals surface area contributed by atoms with Crippen LogP contribution < -0.4 is 10.5 Å². The van der Waals surface area contributed by atoms with Gasteiger partial charge >= 0.3 is 0 Å². The van der Waals surface area contributed by atoms with Gasteiger partial charge in [0.15, 0.2) is 0 Å². The highest BCUT2D eigenvalue weighted by Crippen LogP contribution is 2.26. The molecule has 0 aliphatic carbocycles. The van der Waals surface area contributed by atoms with Crippen LogP contribution in [0.15, 0.2) is 45.8 Å². The van der Waals surface area contributed by atoms with Crippen molar-refractivity contribution in [2.24, 2.45) is 0 Å². The zero-order valence-corrected chi connectivity index (χ0v) is 13.5. The molecule has 108 valence electrons. The Morgan fingerprint density at radius 3 is 2.62 bits per heavy atom. The minimum Gasteiger partial charge on any atom is -0.398 e. The maximum Gasteiger partial charge on any atom is 0.263 e. The standard InChI is InChI=1S/C14H12BrN3O2S/c1-9-2-3-10(8-16)6-13(9)18-21(19,20)14-7-11(15)4-5-12(14)17/h2-7,18H,17H2,1H3. The van der Waals surface area contributed by atoms with Crippen molar-refractivity contribution >= 4 is 37.3 Å². The van der Waals surface area contributed by atoms with Crippen LogP contribution in [-0.2, 0) is 10.0 Å². The van der Waals surface area contributed by atoms with Crippen molar-refractivity contribution in [2.45, 2.75) is 11.8 Å². The lowest BCUT2D eigenvalue weighted by Gasteiger charge is -2.12. The summed E-state index contributed by atoms with van der Waals surface area (Å²) in [4.78, 5) is -0.0152. The van der Waals surface area contributed by atoms with Gasteiger partial charge in [-0.05, 0) is 42.8 Å². The van der Waals surface area contributed by atoms with Crippen molar-refractivity contribution in [1.29, 1.82) is 5.26 Å². The third-order valence-electron chi connectivity index (χ3n) is 2.88. The van der Waals surface area contributed by atoms with Crippen molar-refractivity contribution in [2.75, 3.05) is 10.5 Å². The van der Waals surface area contributed by atoms with Gasteiger partial charge in [0.05, 0.1) is 23.0 Å². The molecule has 0 aromatic heterocycles. The Hall–Kier alpha value is -2.04. The molecule has 0 radical (unpaired) electrons. The SMILES string of the molecule is Cc1ccc(C#N)cc1NS(=O)(=O)c1cc(Br)ccc1N. The first-order valence-corrected chi connectivity index (χ1v) is 8.20. The van der Waals surface area contributed by atoms with Crippen LogP contribution in [0.3, 0.4) is 0 Å². The quantitative estimate of drug-likeness (QED) is 0.817. The molecule has 0 saturated heterocycles. The number of halogens is 1. The predicted molar refractivity (Wildman–Crippen MR) is 85.3 cm³/mol. The topological polar surface area (TPSA) is 96.0 Å². The summed E-state index contributed by atoms with van der Waals surface area (Å²) in [6.07, 6.45) is 0. The summed E-state index contributed by atoms with van der Waals surface area (Å²) < 4.78 is 27.9. The zero-order chi connectivity index (χ0) is 15.6. The molecule has 3 N–H and O–H groups in total. The number of nitrogens with two attached hydrogens (primary N) is 1. The number of aryl methyl sites for hydroxylation is 1. The molecule has 0 aliphatic rings. The second kappa shape index (κ2) is 5.76. The van der Waals surface area contributed by atoms with Gasteiger partial charge in [-0.1, -0.05) is 22.0 Å². The van der Waals surface area contributed by atoms with Crippen LogP contribution in [0, 0.1) is 18.3 Å². The van der Waals surface area contributed by atoms with E-state index in [9.17, 15) is 8.42 Å². The van der Waals surface area contributed by atoms with Gasteiger partial charge < -0.3 is 5.73 Å². The first kappa shape index (κ1) is 15.4. The summed E-state index contributed by atoms with van der Waals surface area (Å²) >= 11 is 3.22. The van der Waals surface area contributed by atoms with Gasteiger partial charge in [-0.15, -0.1) is 0 Å². The Morgan fingerprint density at radius 1 is 1.24 bits per heavy atom. The molecule has 2 aromatic carbocycles. The summed E-state index contributed by atoms with van der Waals surface area (Å²) in [5.74, 6) is 0. The molecular formula is C14H12BrN3O2S. The fourth-order valence-corrected chi connectivity index (χ4v) is 3.53. The number of nitriles is 1. The average molecular weight is 366 g/mol. The van der Waals surface area contributed by atoms with Crippen LogP contribution >= 0.6 is 15.9 Å². The summed E-state index contributed by atoms with van der Waals surface area (Å²) in [5, 5.41) is 8.90. The van der Waals surface area contributed by atoms with Gasteiger partial charge in [0.25, 0.3) is 10.0 Å². The molecule has 0 heterocycles. The molecule has 0 amide bonds. The molecule has 0 saturated carbocycles. The van der Waals surface area contributed by atoms with E-state index < -0.39 is 10.0 Å². The number of benzene rings is 2. The monoisotopic (exact) mass is 365 g/mol. The van der Waals surface area contributed by atoms with Crippen LogP contribution in [-0.4, -0.2) is 8.42 Å². The molecule has 0 atom stereocenters. The summed E-state index contributed by atoms with van der Waals surface area (Å²) in [6.45, 7) is 1.75. The van der Waals surface area contributed by atoms with Crippen LogP contribution in [0.2, 0.25) is 0 Å². The Bertz CT molecular complexity index is 842. The van der Waals surface area contributed by atoms with Gasteiger partial charge in [-0.3, -0.25) is 4.72 Å². The second-order valence-corrected chi connectivity index (χ2v) is 7.00. The Labute approximate surface area is 131 Å². The highest BCUT2D eigenvalue weighted by atomic mass is 79.9. The Balaban J connectivity index is 2.47. The van der Waals surface area contributed by atoms with Gasteiger partial charge in [-0.2, -0.15) is 5.26 Å². The smallest absolute Gasteiger partial charge is 0.263 e. The van der Waals surface area contributed by atoms with Gasteiger partial charge in [0.1, 0.15) is 4.90 Å². The van der Waals surface area contributed by atoms with Crippen molar-refractivity contribution in [3.63, 3.8) is 0 Å². The lowest BCUT2D eigenvalue weighted by Crippen LogP contribution is -2.15. The molecule has 0 aliphatic heterocycles. The minimum atomic E-state index is -3.83. The summed E-state index contributed by atoms with van der Waals surface area (Å²) in [5.41, 5.74) is 7.33. The highest BCUT2D eigenvalue weighted by Gasteiger charge is 2.19. The van der Waals surface area contributed by atoms with E-state index in [4.69, 9.17) is 11.0 Å². The minimum absolute atomic E-state index is 0.0152. The van der Waals surface area contributed by atoms with E-state index in [2.05, 4.69) is 20.7 Å². The Kier molecular flexibility index (Phi) is 4.21. The highest BCUT2D eigenvalue weighted by molar-refractivity contribution is 9.10. The normalized spacial score (nSPS) is 10.9. The van der Waals surface area contributed by atoms with E-state index >= 15 is 0 Å². The van der Waals surface area contributed by atoms with Crippen LogP contribution in [0.25, 0.3) is 0 Å². The lowest BCUT2D eigenvalue weighted by atomic mass is 10.1. The molecule has 0 bridgehead atoms. The number of rotatable bonds is 3. The fraction of sp³-hybridized carbons (Fsp3) is 0.0714. The maximum atomic E-state index is 12.4. The summed E-state index contributed by atoms with van der Waals surface area (Å²) in [6, 6.07) is 11.4. The van der Waals surface area contributed by atoms with Crippen molar-refractivity contribution in [1.82, 2.24) is 0 Å². The number of nitrogens with one attached hydrogen (secondary N) is 1. The molecule has 7 heteroatoms. The van der Waals surface area contributed by atoms with E-state index in [1.807, 2.05) is 6.07 Å². The molecule has 2 aromatic rings. The number of nitrogen functional groups attached to an aromatic ring is 1. The number of nitrogens with zero attached hydrogens (tertiary/aromatic N) is 1. The van der Waals surface area contributed by atoms with Crippen LogP contribution in [0.4, 0.5) is 11.4 Å². The van der Waals surface area contributed by atoms with Crippen molar-refractivity contribution in [3.8, 4) is 6.07 Å². The van der Waals surface area contributed by atoms with Gasteiger partial charge in [-0.25, -0.2) is 8.42 Å². The van der Waals surface area contributed by atoms with E-state index in [-0.39, 0.29) is 10.6 Å². The van der Waals surface area contributed by atoms with Gasteiger partial charge in [0, 0.05) is 4.47 Å². The average Bonchev–Trinajstić information content (AvgIpc) is 2.43. The third kappa shape index (κ3) is 3.35. The van der Waals surface area contributed by atoms with Crippen molar-refractivity contribution in [3.05, 3.63) is 52.0 Å². The largest absolute Gasteiger partial charge is 0.398 e. The number of hydrogen-bond donors (Lipinski definition) is 2. The number of anilines is 2. The fourth-order valence-electron chi connectivity index (χ4n) is 1.74. The maximum absolute atomic E-state index is 12.4. The molecule has 5 nitrogen and oxygen atoms in total. The molecule has 0 fully saturated rings. The number of sulfonamides is 1.